The molecule has 100 valence electrons. The van der Waals surface area contributed by atoms with Crippen LogP contribution in [0.3, 0.4) is 0 Å². The zero-order chi connectivity index (χ0) is 13.1. The predicted molar refractivity (Wildman–Crippen MR) is 66.2 cm³/mol. The quantitative estimate of drug-likeness (QED) is 0.382. The van der Waals surface area contributed by atoms with Gasteiger partial charge in [-0.15, -0.1) is 0 Å². The Labute approximate surface area is 103 Å². The lowest BCUT2D eigenvalue weighted by Crippen LogP contribution is -2.50. The average molecular weight is 245 g/mol. The molecule has 0 spiro atoms. The summed E-state index contributed by atoms with van der Waals surface area (Å²) in [5.41, 5.74) is 0. The topological polar surface area (TPSA) is 73.8 Å². The van der Waals surface area contributed by atoms with E-state index in [1.54, 1.807) is 0 Å². The molecule has 2 amide bonds. The molecule has 6 nitrogen and oxygen atoms in total. The number of hydrogen-bond donors (Lipinski definition) is 3. The first-order valence-corrected chi connectivity index (χ1v) is 5.71. The molecular weight excluding hydrogens is 222 g/mol. The van der Waals surface area contributed by atoms with Gasteiger partial charge >= 0.3 is 6.03 Å². The molecular formula is C11H23N3O3. The first kappa shape index (κ1) is 16.1. The van der Waals surface area contributed by atoms with Crippen LogP contribution in [0.2, 0.25) is 0 Å². The van der Waals surface area contributed by atoms with E-state index in [0.29, 0.717) is 26.2 Å². The Morgan fingerprint density at radius 2 is 2.06 bits per heavy atom. The molecule has 0 rings (SSSR count). The van der Waals surface area contributed by atoms with Gasteiger partial charge in [0.1, 0.15) is 0 Å². The molecule has 2 radical (unpaired) electrons. The van der Waals surface area contributed by atoms with Crippen LogP contribution in [0.4, 0.5) is 4.79 Å². The summed E-state index contributed by atoms with van der Waals surface area (Å²) < 4.78 is 5.01. The maximum Gasteiger partial charge on any atom is 0.316 e. The van der Waals surface area contributed by atoms with Gasteiger partial charge in [0.05, 0.1) is 26.0 Å². The summed E-state index contributed by atoms with van der Waals surface area (Å²) in [6, 6.07) is -0.253. The Hall–Kier alpha value is -0.850. The van der Waals surface area contributed by atoms with Crippen molar-refractivity contribution in [2.75, 3.05) is 39.5 Å². The Morgan fingerprint density at radius 3 is 2.59 bits per heavy atom. The van der Waals surface area contributed by atoms with Crippen LogP contribution in [-0.4, -0.2) is 61.7 Å². The first-order chi connectivity index (χ1) is 8.15. The van der Waals surface area contributed by atoms with Crippen molar-refractivity contribution in [3.8, 4) is 0 Å². The Kier molecular flexibility index (Phi) is 9.80. The largest absolute Gasteiger partial charge is 0.394 e. The van der Waals surface area contributed by atoms with Gasteiger partial charge in [0.25, 0.3) is 0 Å². The number of aliphatic hydroxyl groups is 1. The number of ether oxygens (including phenoxy) is 1. The van der Waals surface area contributed by atoms with Crippen molar-refractivity contribution in [2.45, 2.75) is 13.1 Å². The van der Waals surface area contributed by atoms with Gasteiger partial charge in [-0.3, -0.25) is 4.90 Å². The predicted octanol–water partition coefficient (Wildman–Crippen LogP) is -0.389. The van der Waals surface area contributed by atoms with Crippen LogP contribution in [0.15, 0.2) is 0 Å². The summed E-state index contributed by atoms with van der Waals surface area (Å²) in [5.74, 6) is 0. The second kappa shape index (κ2) is 10.3. The van der Waals surface area contributed by atoms with Crippen LogP contribution in [-0.2, 0) is 4.74 Å². The molecule has 0 aliphatic carbocycles. The van der Waals surface area contributed by atoms with E-state index in [1.807, 2.05) is 11.8 Å². The molecule has 1 unspecified atom stereocenters. The normalized spacial score (nSPS) is 12.5. The van der Waals surface area contributed by atoms with Gasteiger partial charge in [-0.2, -0.15) is 0 Å². The second-order valence-corrected chi connectivity index (χ2v) is 3.45. The van der Waals surface area contributed by atoms with E-state index < -0.39 is 0 Å². The Bertz CT molecular complexity index is 198. The van der Waals surface area contributed by atoms with Crippen LogP contribution < -0.4 is 10.6 Å². The maximum absolute atomic E-state index is 11.4. The lowest BCUT2D eigenvalue weighted by Gasteiger charge is -2.26. The third-order valence-corrected chi connectivity index (χ3v) is 2.23. The summed E-state index contributed by atoms with van der Waals surface area (Å²) in [5, 5.41) is 13.9. The highest BCUT2D eigenvalue weighted by Crippen LogP contribution is 1.93. The summed E-state index contributed by atoms with van der Waals surface area (Å²) >= 11 is 0. The van der Waals surface area contributed by atoms with Crippen LogP contribution in [0.1, 0.15) is 6.92 Å². The number of amides is 2. The van der Waals surface area contributed by atoms with E-state index in [2.05, 4.69) is 24.5 Å². The highest BCUT2D eigenvalue weighted by Gasteiger charge is 2.11. The fourth-order valence-corrected chi connectivity index (χ4v) is 1.23. The molecule has 1 atom stereocenters. The molecule has 0 aromatic heterocycles. The fraction of sp³-hybridized carbons (Fsp3) is 0.727. The minimum absolute atomic E-state index is 0.00874. The summed E-state index contributed by atoms with van der Waals surface area (Å²) in [6.07, 6.45) is -0.108. The van der Waals surface area contributed by atoms with Crippen molar-refractivity contribution in [2.24, 2.45) is 0 Å². The van der Waals surface area contributed by atoms with Crippen molar-refractivity contribution in [1.29, 1.82) is 0 Å². The van der Waals surface area contributed by atoms with Gasteiger partial charge in [-0.1, -0.05) is 0 Å². The van der Waals surface area contributed by atoms with Gasteiger partial charge in [0.15, 0.2) is 0 Å². The molecule has 17 heavy (non-hydrogen) atoms. The minimum Gasteiger partial charge on any atom is -0.394 e. The monoisotopic (exact) mass is 245 g/mol. The van der Waals surface area contributed by atoms with Crippen LogP contribution in [0, 0.1) is 13.8 Å². The number of rotatable bonds is 9. The number of carbonyl (C=O) groups excluding carboxylic acids is 1. The summed E-state index contributed by atoms with van der Waals surface area (Å²) in [6.45, 7) is 11.6. The van der Waals surface area contributed by atoms with E-state index in [1.165, 1.54) is 0 Å². The van der Waals surface area contributed by atoms with Crippen LogP contribution in [0.5, 0.6) is 0 Å². The van der Waals surface area contributed by atoms with E-state index in [-0.39, 0.29) is 25.4 Å². The Balaban J connectivity index is 3.63. The molecule has 0 aliphatic heterocycles. The second-order valence-electron chi connectivity index (χ2n) is 3.45. The molecule has 0 saturated carbocycles. The molecule has 0 heterocycles. The average Bonchev–Trinajstić information content (AvgIpc) is 2.30. The molecule has 0 bridgehead atoms. The third kappa shape index (κ3) is 7.95. The number of urea groups is 1. The summed E-state index contributed by atoms with van der Waals surface area (Å²) in [4.78, 5) is 13.3. The molecule has 0 aliphatic rings. The molecule has 0 saturated heterocycles. The first-order valence-electron chi connectivity index (χ1n) is 5.71. The van der Waals surface area contributed by atoms with Crippen molar-refractivity contribution >= 4 is 6.03 Å². The van der Waals surface area contributed by atoms with Gasteiger partial charge in [-0.05, 0) is 20.8 Å². The number of aliphatic hydroxyl groups excluding tert-OH is 1. The minimum atomic E-state index is -0.253. The lowest BCUT2D eigenvalue weighted by atomic mass is 10.4. The number of nitrogens with zero attached hydrogens (tertiary/aromatic N) is 1. The van der Waals surface area contributed by atoms with Crippen LogP contribution in [0.25, 0.3) is 0 Å². The van der Waals surface area contributed by atoms with Crippen molar-refractivity contribution in [3.63, 3.8) is 0 Å². The zero-order valence-corrected chi connectivity index (χ0v) is 10.4. The van der Waals surface area contributed by atoms with Crippen molar-refractivity contribution < 1.29 is 14.6 Å². The molecule has 0 aromatic carbocycles. The van der Waals surface area contributed by atoms with E-state index in [4.69, 9.17) is 9.84 Å². The van der Waals surface area contributed by atoms with Gasteiger partial charge in [0.2, 0.25) is 0 Å². The molecule has 0 fully saturated rings. The highest BCUT2D eigenvalue weighted by atomic mass is 16.5. The van der Waals surface area contributed by atoms with Crippen LogP contribution >= 0.6 is 0 Å². The SMILES string of the molecule is [CH2]CN(C[CH2])C(C)NC(=O)NCCOCCO. The Morgan fingerprint density at radius 1 is 1.41 bits per heavy atom. The fourth-order valence-electron chi connectivity index (χ4n) is 1.23. The van der Waals surface area contributed by atoms with Gasteiger partial charge in [0, 0.05) is 19.6 Å². The number of carbonyl (C=O) groups is 1. The zero-order valence-electron chi connectivity index (χ0n) is 10.4. The molecule has 0 aromatic rings. The van der Waals surface area contributed by atoms with Crippen molar-refractivity contribution in [1.82, 2.24) is 15.5 Å². The molecule has 3 N–H and O–H groups in total. The standard InChI is InChI=1S/C11H23N3O3/c1-4-14(5-2)10(3)13-11(16)12-6-8-17-9-7-15/h10,15H,1-2,4-9H2,3H3,(H2,12,13,16). The number of hydrogen-bond acceptors (Lipinski definition) is 4. The molecule has 6 heteroatoms. The van der Waals surface area contributed by atoms with E-state index in [0.717, 1.165) is 0 Å². The van der Waals surface area contributed by atoms with E-state index in [9.17, 15) is 4.79 Å². The maximum atomic E-state index is 11.4. The smallest absolute Gasteiger partial charge is 0.316 e. The summed E-state index contributed by atoms with van der Waals surface area (Å²) in [7, 11) is 0. The third-order valence-electron chi connectivity index (χ3n) is 2.23. The lowest BCUT2D eigenvalue weighted by molar-refractivity contribution is 0.0944. The highest BCUT2D eigenvalue weighted by molar-refractivity contribution is 5.74. The van der Waals surface area contributed by atoms with E-state index >= 15 is 0 Å². The van der Waals surface area contributed by atoms with Crippen molar-refractivity contribution in [3.05, 3.63) is 13.8 Å². The van der Waals surface area contributed by atoms with Gasteiger partial charge < -0.3 is 20.5 Å². The van der Waals surface area contributed by atoms with Gasteiger partial charge in [-0.25, -0.2) is 4.79 Å². The number of nitrogens with one attached hydrogen (secondary N) is 2.